The Kier molecular flexibility index (Phi) is 5.54. The van der Waals surface area contributed by atoms with Crippen molar-refractivity contribution in [2.24, 2.45) is 5.92 Å². The molecule has 0 saturated heterocycles. The van der Waals surface area contributed by atoms with Gasteiger partial charge in [0.05, 0.1) is 5.39 Å². The Labute approximate surface area is 173 Å². The maximum Gasteiger partial charge on any atom is 0.136 e. The molecule has 1 atom stereocenters. The molecule has 28 heavy (non-hydrogen) atoms. The number of likely N-dealkylation sites (N-methyl/N-ethyl adjacent to an activating group) is 1. The lowest BCUT2D eigenvalue weighted by Gasteiger charge is -2.18. The zero-order valence-corrected chi connectivity index (χ0v) is 17.7. The maximum atomic E-state index is 14.0. The largest absolute Gasteiger partial charge is 0.383 e. The molecule has 0 radical (unpaired) electrons. The molecule has 0 bridgehead atoms. The molecule has 0 fully saturated rings. The van der Waals surface area contributed by atoms with Gasteiger partial charge in [-0.3, -0.25) is 0 Å². The average Bonchev–Trinajstić information content (AvgIpc) is 3.01. The van der Waals surface area contributed by atoms with Gasteiger partial charge in [0.1, 0.15) is 22.3 Å². The fourth-order valence-corrected chi connectivity index (χ4v) is 5.48. The number of nitrogen functional groups attached to an aromatic ring is 1. The molecule has 2 aromatic heterocycles. The van der Waals surface area contributed by atoms with Crippen LogP contribution in [0, 0.1) is 11.7 Å². The van der Waals surface area contributed by atoms with Gasteiger partial charge >= 0.3 is 0 Å². The molecule has 0 amide bonds. The van der Waals surface area contributed by atoms with Gasteiger partial charge in [-0.15, -0.1) is 11.3 Å². The van der Waals surface area contributed by atoms with Crippen LogP contribution in [0.3, 0.4) is 0 Å². The molecule has 0 unspecified atom stereocenters. The molecule has 0 aliphatic heterocycles. The van der Waals surface area contributed by atoms with Crippen molar-refractivity contribution in [3.8, 4) is 0 Å². The molecule has 0 spiro atoms. The highest BCUT2D eigenvalue weighted by Crippen LogP contribution is 2.39. The molecule has 1 aromatic carbocycles. The topological polar surface area (TPSA) is 55.0 Å². The van der Waals surface area contributed by atoms with Crippen molar-refractivity contribution in [2.45, 2.75) is 39.2 Å². The summed E-state index contributed by atoms with van der Waals surface area (Å²) < 4.78 is 14.0. The second-order valence-electron chi connectivity index (χ2n) is 7.74. The second-order valence-corrected chi connectivity index (χ2v) is 9.24. The van der Waals surface area contributed by atoms with Gasteiger partial charge in [0.15, 0.2) is 0 Å². The zero-order chi connectivity index (χ0) is 19.8. The highest BCUT2D eigenvalue weighted by Gasteiger charge is 2.23. The van der Waals surface area contributed by atoms with Crippen LogP contribution in [0.5, 0.6) is 0 Å². The molecule has 4 nitrogen and oxygen atoms in total. The Bertz CT molecular complexity index is 999. The van der Waals surface area contributed by atoms with E-state index in [1.165, 1.54) is 22.9 Å². The summed E-state index contributed by atoms with van der Waals surface area (Å²) in [5.74, 6) is 1.77. The van der Waals surface area contributed by atoms with Crippen LogP contribution in [0.15, 0.2) is 18.2 Å². The van der Waals surface area contributed by atoms with Crippen LogP contribution in [0.25, 0.3) is 10.2 Å². The first-order valence-electron chi connectivity index (χ1n) is 9.60. The first-order chi connectivity index (χ1) is 13.4. The quantitative estimate of drug-likeness (QED) is 0.642. The molecule has 0 saturated carbocycles. The molecule has 2 heterocycles. The monoisotopic (exact) mass is 418 g/mol. The van der Waals surface area contributed by atoms with E-state index in [2.05, 4.69) is 11.9 Å². The molecule has 1 aliphatic carbocycles. The minimum Gasteiger partial charge on any atom is -0.383 e. The van der Waals surface area contributed by atoms with Crippen LogP contribution in [-0.4, -0.2) is 28.5 Å². The van der Waals surface area contributed by atoms with Crippen molar-refractivity contribution in [3.05, 3.63) is 50.9 Å². The van der Waals surface area contributed by atoms with E-state index in [-0.39, 0.29) is 5.82 Å². The van der Waals surface area contributed by atoms with Crippen molar-refractivity contribution in [3.63, 3.8) is 0 Å². The highest BCUT2D eigenvalue weighted by molar-refractivity contribution is 7.19. The number of thiophene rings is 1. The summed E-state index contributed by atoms with van der Waals surface area (Å²) in [7, 11) is 1.94. The Morgan fingerprint density at radius 2 is 2.18 bits per heavy atom. The summed E-state index contributed by atoms with van der Waals surface area (Å²) >= 11 is 7.89. The van der Waals surface area contributed by atoms with Gasteiger partial charge in [0.25, 0.3) is 0 Å². The van der Waals surface area contributed by atoms with Gasteiger partial charge in [-0.25, -0.2) is 14.4 Å². The van der Waals surface area contributed by atoms with Gasteiger partial charge in [-0.1, -0.05) is 24.6 Å². The minimum absolute atomic E-state index is 0.278. The summed E-state index contributed by atoms with van der Waals surface area (Å²) in [5, 5.41) is 1.51. The fourth-order valence-electron chi connectivity index (χ4n) is 3.85. The molecule has 1 aliphatic rings. The third-order valence-corrected chi connectivity index (χ3v) is 6.94. The smallest absolute Gasteiger partial charge is 0.136 e. The SMILES string of the molecule is C[C@@H]1CCc2c(sc3nc(CCN(C)Cc4c(F)cccc4Cl)nc(N)c23)C1. The molecule has 4 rings (SSSR count). The number of benzene rings is 1. The number of anilines is 1. The summed E-state index contributed by atoms with van der Waals surface area (Å²) in [6, 6.07) is 4.77. The van der Waals surface area contributed by atoms with Crippen LogP contribution in [0.2, 0.25) is 5.02 Å². The van der Waals surface area contributed by atoms with Crippen LogP contribution in [0.1, 0.15) is 35.2 Å². The van der Waals surface area contributed by atoms with Gasteiger partial charge in [0, 0.05) is 35.0 Å². The number of aromatic nitrogens is 2. The second kappa shape index (κ2) is 7.93. The Morgan fingerprint density at radius 3 is 2.96 bits per heavy atom. The molecule has 3 aromatic rings. The number of nitrogens with two attached hydrogens (primary N) is 1. The third kappa shape index (κ3) is 3.86. The van der Waals surface area contributed by atoms with E-state index < -0.39 is 0 Å². The lowest BCUT2D eigenvalue weighted by molar-refractivity contribution is 0.323. The Hall–Kier alpha value is -1.76. The maximum absolute atomic E-state index is 14.0. The zero-order valence-electron chi connectivity index (χ0n) is 16.1. The van der Waals surface area contributed by atoms with E-state index >= 15 is 0 Å². The standard InChI is InChI=1S/C21H24ClFN4S/c1-12-6-7-13-17(10-12)28-21-19(13)20(24)25-18(26-21)8-9-27(2)11-14-15(22)4-3-5-16(14)23/h3-5,12H,6-11H2,1-2H3,(H2,24,25,26)/t12-/m1/s1. The number of hydrogen-bond donors (Lipinski definition) is 1. The number of aryl methyl sites for hydroxylation is 1. The first kappa shape index (κ1) is 19.6. The first-order valence-corrected chi connectivity index (χ1v) is 10.8. The van der Waals surface area contributed by atoms with Crippen molar-refractivity contribution >= 4 is 39.0 Å². The van der Waals surface area contributed by atoms with E-state index in [1.807, 2.05) is 11.9 Å². The number of halogens is 2. The molecule has 7 heteroatoms. The summed E-state index contributed by atoms with van der Waals surface area (Å²) in [4.78, 5) is 13.8. The van der Waals surface area contributed by atoms with Gasteiger partial charge in [-0.05, 0) is 49.9 Å². The number of hydrogen-bond acceptors (Lipinski definition) is 5. The number of nitrogens with zero attached hydrogens (tertiary/aromatic N) is 3. The fraction of sp³-hybridized carbons (Fsp3) is 0.429. The lowest BCUT2D eigenvalue weighted by atomic mass is 9.89. The molecule has 148 valence electrons. The Balaban J connectivity index is 1.49. The van der Waals surface area contributed by atoms with Crippen molar-refractivity contribution in [1.29, 1.82) is 0 Å². The van der Waals surface area contributed by atoms with Gasteiger partial charge in [-0.2, -0.15) is 0 Å². The van der Waals surface area contributed by atoms with Crippen LogP contribution in [-0.2, 0) is 25.8 Å². The molecular formula is C21H24ClFN4S. The number of rotatable bonds is 5. The summed E-state index contributed by atoms with van der Waals surface area (Å²) in [6.07, 6.45) is 4.03. The van der Waals surface area contributed by atoms with E-state index in [1.54, 1.807) is 23.5 Å². The summed E-state index contributed by atoms with van der Waals surface area (Å²) in [5.41, 5.74) is 8.18. The van der Waals surface area contributed by atoms with Crippen molar-refractivity contribution in [1.82, 2.24) is 14.9 Å². The van der Waals surface area contributed by atoms with Crippen LogP contribution in [0.4, 0.5) is 10.2 Å². The van der Waals surface area contributed by atoms with Gasteiger partial charge < -0.3 is 10.6 Å². The third-order valence-electron chi connectivity index (χ3n) is 5.44. The van der Waals surface area contributed by atoms with E-state index in [9.17, 15) is 4.39 Å². The number of fused-ring (bicyclic) bond motifs is 3. The van der Waals surface area contributed by atoms with Gasteiger partial charge in [0.2, 0.25) is 0 Å². The molecular weight excluding hydrogens is 395 g/mol. The van der Waals surface area contributed by atoms with E-state index in [0.717, 1.165) is 28.9 Å². The predicted molar refractivity (Wildman–Crippen MR) is 114 cm³/mol. The van der Waals surface area contributed by atoms with Crippen molar-refractivity contribution < 1.29 is 4.39 Å². The minimum atomic E-state index is -0.278. The van der Waals surface area contributed by atoms with E-state index in [0.29, 0.717) is 41.8 Å². The lowest BCUT2D eigenvalue weighted by Crippen LogP contribution is -2.22. The predicted octanol–water partition coefficient (Wildman–Crippen LogP) is 4.87. The Morgan fingerprint density at radius 1 is 1.36 bits per heavy atom. The molecule has 2 N–H and O–H groups in total. The highest BCUT2D eigenvalue weighted by atomic mass is 35.5. The summed E-state index contributed by atoms with van der Waals surface area (Å²) in [6.45, 7) is 3.43. The normalized spacial score (nSPS) is 16.7. The average molecular weight is 419 g/mol. The van der Waals surface area contributed by atoms with Crippen LogP contribution >= 0.6 is 22.9 Å². The van der Waals surface area contributed by atoms with E-state index in [4.69, 9.17) is 22.3 Å². The van der Waals surface area contributed by atoms with Crippen molar-refractivity contribution in [2.75, 3.05) is 19.3 Å². The van der Waals surface area contributed by atoms with Crippen LogP contribution < -0.4 is 5.73 Å².